The lowest BCUT2D eigenvalue weighted by molar-refractivity contribution is -0.0547. The molecule has 0 saturated carbocycles. The quantitative estimate of drug-likeness (QED) is 0.213. The van der Waals surface area contributed by atoms with Crippen LogP contribution in [0, 0.1) is 0 Å². The van der Waals surface area contributed by atoms with Crippen LogP contribution in [0.5, 0.6) is 0 Å². The predicted octanol–water partition coefficient (Wildman–Crippen LogP) is -0.0342. The van der Waals surface area contributed by atoms with E-state index in [1.807, 2.05) is 30.3 Å². The van der Waals surface area contributed by atoms with Crippen molar-refractivity contribution in [3.05, 3.63) is 87.5 Å². The smallest absolute Gasteiger partial charge is 0.387 e. The van der Waals surface area contributed by atoms with Gasteiger partial charge in [0.2, 0.25) is 0 Å². The summed E-state index contributed by atoms with van der Waals surface area (Å²) < 4.78 is 37.6. The third-order valence-electron chi connectivity index (χ3n) is 5.57. The van der Waals surface area contributed by atoms with Gasteiger partial charge in [-0.05, 0) is 11.6 Å². The molecule has 5 atom stereocenters. The summed E-state index contributed by atoms with van der Waals surface area (Å²) in [6.07, 6.45) is -3.88. The van der Waals surface area contributed by atoms with Crippen LogP contribution in [0.2, 0.25) is 0 Å². The first-order valence-corrected chi connectivity index (χ1v) is 14.0. The van der Waals surface area contributed by atoms with E-state index >= 15 is 0 Å². The van der Waals surface area contributed by atoms with E-state index in [-0.39, 0.29) is 6.54 Å². The van der Waals surface area contributed by atoms with Crippen LogP contribution in [0.25, 0.3) is 11.1 Å². The Morgan fingerprint density at radius 3 is 2.29 bits per heavy atom. The van der Waals surface area contributed by atoms with Crippen molar-refractivity contribution in [2.45, 2.75) is 31.1 Å². The Morgan fingerprint density at radius 2 is 1.66 bits per heavy atom. The molecule has 5 N–H and O–H groups in total. The number of pyridine rings is 1. The number of aliphatic hydroxyl groups excluding tert-OH is 2. The Morgan fingerprint density at radius 1 is 0.947 bits per heavy atom. The van der Waals surface area contributed by atoms with E-state index in [9.17, 15) is 33.8 Å². The van der Waals surface area contributed by atoms with Crippen LogP contribution in [0.4, 0.5) is 0 Å². The average molecular weight is 571 g/mol. The second-order valence-electron chi connectivity index (χ2n) is 8.22. The van der Waals surface area contributed by atoms with Gasteiger partial charge in [-0.15, -0.1) is 0 Å². The summed E-state index contributed by atoms with van der Waals surface area (Å²) in [6.45, 7) is -1.15. The van der Waals surface area contributed by atoms with Crippen molar-refractivity contribution in [3.8, 4) is 11.1 Å². The highest BCUT2D eigenvalue weighted by molar-refractivity contribution is 7.60. The van der Waals surface area contributed by atoms with E-state index in [1.165, 1.54) is 0 Å². The van der Waals surface area contributed by atoms with Gasteiger partial charge in [0, 0.05) is 24.0 Å². The normalized spacial score (nSPS) is 23.3. The van der Waals surface area contributed by atoms with Gasteiger partial charge >= 0.3 is 21.3 Å². The topological polar surface area (TPSA) is 220 Å². The average Bonchev–Trinajstić information content (AvgIpc) is 3.13. The number of hydrogen-bond donors (Lipinski definition) is 5. The minimum absolute atomic E-state index is 0.209. The number of phosphoric acid groups is 2. The summed E-state index contributed by atoms with van der Waals surface area (Å²) >= 11 is 0. The molecule has 1 fully saturated rings. The Hall–Kier alpha value is -2.81. The Labute approximate surface area is 214 Å². The molecule has 1 saturated heterocycles. The monoisotopic (exact) mass is 571 g/mol. The van der Waals surface area contributed by atoms with Crippen LogP contribution in [0.1, 0.15) is 11.9 Å². The van der Waals surface area contributed by atoms with Gasteiger partial charge in [-0.1, -0.05) is 36.4 Å². The van der Waals surface area contributed by atoms with Crippen molar-refractivity contribution < 1.29 is 47.6 Å². The van der Waals surface area contributed by atoms with Gasteiger partial charge < -0.3 is 29.6 Å². The number of aromatic nitrogens is 3. The molecule has 17 heteroatoms. The first-order chi connectivity index (χ1) is 17.8. The van der Waals surface area contributed by atoms with E-state index in [4.69, 9.17) is 14.5 Å². The van der Waals surface area contributed by atoms with Gasteiger partial charge in [0.25, 0.3) is 5.56 Å². The number of benzene rings is 1. The molecule has 0 aliphatic carbocycles. The molecule has 1 aliphatic heterocycles. The standard InChI is InChI=1S/C21H23N3O12P2/c25-17-8-9-23(20-19(27)18(26)16(35-20)12-34-38(32,33)36-37(29,30)31)21(28)24(17)11-15-7-6-14(10-22-15)13-4-2-1-3-5-13/h1-10,16,18-20,26-27H,11-12H2,(H,32,33)(H2,29,30,31)/t16-,18?,19+,20-/m1/s1. The number of phosphoric ester groups is 1. The molecule has 204 valence electrons. The largest absolute Gasteiger partial charge is 0.481 e. The fourth-order valence-corrected chi connectivity index (χ4v) is 5.37. The molecular formula is C21H23N3O12P2. The van der Waals surface area contributed by atoms with Crippen molar-refractivity contribution in [1.29, 1.82) is 0 Å². The minimum atomic E-state index is -5.37. The number of rotatable bonds is 9. The third-order valence-corrected chi connectivity index (χ3v) is 7.72. The zero-order valence-corrected chi connectivity index (χ0v) is 21.1. The molecule has 1 aromatic carbocycles. The van der Waals surface area contributed by atoms with Gasteiger partial charge in [0.05, 0.1) is 18.8 Å². The van der Waals surface area contributed by atoms with Crippen LogP contribution in [-0.2, 0) is 29.2 Å². The summed E-state index contributed by atoms with van der Waals surface area (Å²) in [5.41, 5.74) is 0.590. The molecule has 2 unspecified atom stereocenters. The van der Waals surface area contributed by atoms with Gasteiger partial charge in [-0.2, -0.15) is 4.31 Å². The maximum Gasteiger partial charge on any atom is 0.481 e. The Kier molecular flexibility index (Phi) is 8.26. The van der Waals surface area contributed by atoms with E-state index in [0.717, 1.165) is 32.5 Å². The highest BCUT2D eigenvalue weighted by atomic mass is 31.3. The van der Waals surface area contributed by atoms with Crippen LogP contribution in [0.15, 0.2) is 70.5 Å². The fraction of sp³-hybridized carbons (Fsp3) is 0.286. The number of hydrogen-bond acceptors (Lipinski definition) is 10. The summed E-state index contributed by atoms with van der Waals surface area (Å²) in [6, 6.07) is 13.9. The molecule has 38 heavy (non-hydrogen) atoms. The molecule has 0 bridgehead atoms. The second kappa shape index (κ2) is 11.1. The highest BCUT2D eigenvalue weighted by Gasteiger charge is 2.46. The maximum atomic E-state index is 13.1. The molecule has 15 nitrogen and oxygen atoms in total. The molecule has 4 rings (SSSR count). The Bertz CT molecular complexity index is 1490. The Balaban J connectivity index is 1.51. The first kappa shape index (κ1) is 28.2. The van der Waals surface area contributed by atoms with Crippen LogP contribution >= 0.6 is 15.6 Å². The van der Waals surface area contributed by atoms with Crippen LogP contribution < -0.4 is 11.2 Å². The molecule has 0 radical (unpaired) electrons. The molecule has 3 heterocycles. The van der Waals surface area contributed by atoms with Crippen molar-refractivity contribution >= 4 is 15.6 Å². The summed E-state index contributed by atoms with van der Waals surface area (Å²) in [5, 5.41) is 20.7. The van der Waals surface area contributed by atoms with Crippen molar-refractivity contribution in [3.63, 3.8) is 0 Å². The minimum Gasteiger partial charge on any atom is -0.387 e. The van der Waals surface area contributed by atoms with Crippen molar-refractivity contribution in [2.24, 2.45) is 0 Å². The second-order valence-corrected chi connectivity index (χ2v) is 11.0. The van der Waals surface area contributed by atoms with Gasteiger partial charge in [-0.25, -0.2) is 13.9 Å². The van der Waals surface area contributed by atoms with Gasteiger partial charge in [-0.3, -0.25) is 23.4 Å². The van der Waals surface area contributed by atoms with E-state index in [0.29, 0.717) is 5.69 Å². The molecular weight excluding hydrogens is 548 g/mol. The van der Waals surface area contributed by atoms with Crippen molar-refractivity contribution in [1.82, 2.24) is 14.1 Å². The zero-order chi connectivity index (χ0) is 27.7. The van der Waals surface area contributed by atoms with Crippen LogP contribution in [-0.4, -0.2) is 63.9 Å². The highest BCUT2D eigenvalue weighted by Crippen LogP contribution is 2.57. The summed E-state index contributed by atoms with van der Waals surface area (Å²) in [7, 11) is -10.6. The number of ether oxygens (including phenoxy) is 1. The lowest BCUT2D eigenvalue weighted by atomic mass is 10.1. The van der Waals surface area contributed by atoms with Gasteiger partial charge in [0.1, 0.15) is 18.3 Å². The van der Waals surface area contributed by atoms with E-state index < -0.39 is 58.0 Å². The predicted molar refractivity (Wildman–Crippen MR) is 129 cm³/mol. The molecule has 0 amide bonds. The zero-order valence-electron chi connectivity index (χ0n) is 19.3. The van der Waals surface area contributed by atoms with E-state index in [2.05, 4.69) is 13.8 Å². The number of nitrogens with zero attached hydrogens (tertiary/aromatic N) is 3. The van der Waals surface area contributed by atoms with Crippen LogP contribution in [0.3, 0.4) is 0 Å². The lowest BCUT2D eigenvalue weighted by Gasteiger charge is -2.19. The molecule has 1 aliphatic rings. The number of aliphatic hydroxyl groups is 2. The maximum absolute atomic E-state index is 13.1. The molecule has 0 spiro atoms. The van der Waals surface area contributed by atoms with E-state index in [1.54, 1.807) is 18.3 Å². The fourth-order valence-electron chi connectivity index (χ4n) is 3.77. The summed E-state index contributed by atoms with van der Waals surface area (Å²) in [4.78, 5) is 56.6. The molecule has 3 aromatic rings. The van der Waals surface area contributed by atoms with Gasteiger partial charge in [0.15, 0.2) is 6.23 Å². The first-order valence-electron chi connectivity index (χ1n) is 10.9. The SMILES string of the molecule is O=c1ccn([C@@H]2O[C@H](COP(=O)(O)OP(=O)(O)O)C(O)[C@@H]2O)c(=O)n1Cc1ccc(-c2ccccc2)cn1. The third kappa shape index (κ3) is 6.60. The molecule has 2 aromatic heterocycles. The summed E-state index contributed by atoms with van der Waals surface area (Å²) in [5.74, 6) is 0. The van der Waals surface area contributed by atoms with Crippen molar-refractivity contribution in [2.75, 3.05) is 6.61 Å². The lowest BCUT2D eigenvalue weighted by Crippen LogP contribution is -2.43.